The molecule has 0 saturated carbocycles. The zero-order chi connectivity index (χ0) is 22.6. The fourth-order valence-corrected chi connectivity index (χ4v) is 3.99. The van der Waals surface area contributed by atoms with Gasteiger partial charge in [0.05, 0.1) is 5.69 Å². The second-order valence-corrected chi connectivity index (χ2v) is 8.10. The number of unbranched alkanes of at least 4 members (excludes halogenated alkanes) is 1. The van der Waals surface area contributed by atoms with Crippen molar-refractivity contribution in [1.82, 2.24) is 19.7 Å². The number of nitrogens with one attached hydrogen (secondary N) is 1. The number of amides is 1. The summed E-state index contributed by atoms with van der Waals surface area (Å²) in [5, 5.41) is 24.2. The van der Waals surface area contributed by atoms with E-state index in [1.54, 1.807) is 42.6 Å². The van der Waals surface area contributed by atoms with Crippen LogP contribution in [-0.2, 0) is 0 Å². The average molecular weight is 436 g/mol. The number of nitrogens with zero attached hydrogens (tertiary/aromatic N) is 4. The number of para-hydroxylation sites is 1. The maximum Gasteiger partial charge on any atom is 0.253 e. The van der Waals surface area contributed by atoms with Crippen LogP contribution in [0, 0.1) is 5.21 Å². The summed E-state index contributed by atoms with van der Waals surface area (Å²) in [4.78, 5) is 19.5. The van der Waals surface area contributed by atoms with E-state index in [4.69, 9.17) is 0 Å². The van der Waals surface area contributed by atoms with E-state index in [-0.39, 0.29) is 11.6 Å². The van der Waals surface area contributed by atoms with Crippen molar-refractivity contribution in [1.29, 1.82) is 0 Å². The van der Waals surface area contributed by atoms with Gasteiger partial charge in [-0.25, -0.2) is 4.98 Å². The molecule has 168 valence electrons. The lowest BCUT2D eigenvalue weighted by atomic mass is 10.1. The molecule has 1 aliphatic rings. The average Bonchev–Trinajstić information content (AvgIpc) is 2.82. The van der Waals surface area contributed by atoms with Gasteiger partial charge in [0.1, 0.15) is 5.52 Å². The van der Waals surface area contributed by atoms with E-state index in [0.717, 1.165) is 25.0 Å². The number of anilines is 1. The smallest absolute Gasteiger partial charge is 0.253 e. The van der Waals surface area contributed by atoms with Crippen LogP contribution in [0.25, 0.3) is 10.9 Å². The molecular weight excluding hydrogens is 406 g/mol. The summed E-state index contributed by atoms with van der Waals surface area (Å²) < 4.78 is 0. The van der Waals surface area contributed by atoms with E-state index in [1.807, 2.05) is 17.0 Å². The molecular formula is C24H29N5O3. The predicted octanol–water partition coefficient (Wildman–Crippen LogP) is 4.01. The van der Waals surface area contributed by atoms with Crippen LogP contribution in [0.5, 0.6) is 0 Å². The normalized spacial score (nSPS) is 16.7. The van der Waals surface area contributed by atoms with Gasteiger partial charge in [0, 0.05) is 49.4 Å². The summed E-state index contributed by atoms with van der Waals surface area (Å²) in [6, 6.07) is 15.3. The van der Waals surface area contributed by atoms with Gasteiger partial charge < -0.3 is 10.1 Å². The van der Waals surface area contributed by atoms with Crippen LogP contribution >= 0.6 is 0 Å². The van der Waals surface area contributed by atoms with Crippen LogP contribution in [0.1, 0.15) is 30.1 Å². The Balaban J connectivity index is 1.42. The van der Waals surface area contributed by atoms with Gasteiger partial charge in [-0.1, -0.05) is 36.5 Å². The Bertz CT molecular complexity index is 1060. The summed E-state index contributed by atoms with van der Waals surface area (Å²) in [6.07, 6.45) is 3.94. The molecule has 3 aromatic rings. The minimum absolute atomic E-state index is 0.0168. The van der Waals surface area contributed by atoms with Gasteiger partial charge in [-0.05, 0) is 43.3 Å². The highest BCUT2D eigenvalue weighted by Gasteiger charge is 2.24. The Morgan fingerprint density at radius 2 is 1.81 bits per heavy atom. The third-order valence-corrected chi connectivity index (χ3v) is 5.84. The number of rotatable bonds is 7. The van der Waals surface area contributed by atoms with Crippen LogP contribution in [0.4, 0.5) is 11.4 Å². The summed E-state index contributed by atoms with van der Waals surface area (Å²) in [6.45, 7) is 6.49. The first-order chi connectivity index (χ1) is 15.5. The van der Waals surface area contributed by atoms with Crippen LogP contribution in [0.2, 0.25) is 0 Å². The van der Waals surface area contributed by atoms with Gasteiger partial charge in [0.25, 0.3) is 5.91 Å². The number of hydrogen-bond acceptors (Lipinski definition) is 6. The zero-order valence-corrected chi connectivity index (χ0v) is 18.3. The van der Waals surface area contributed by atoms with Crippen LogP contribution in [0.3, 0.4) is 0 Å². The quantitative estimate of drug-likeness (QED) is 0.430. The van der Waals surface area contributed by atoms with E-state index in [2.05, 4.69) is 22.2 Å². The minimum atomic E-state index is -1.80. The largest absolute Gasteiger partial charge is 0.567 e. The molecule has 0 radical (unpaired) electrons. The lowest BCUT2D eigenvalue weighted by Crippen LogP contribution is -2.48. The van der Waals surface area contributed by atoms with Crippen LogP contribution in [0.15, 0.2) is 60.8 Å². The zero-order valence-electron chi connectivity index (χ0n) is 18.3. The summed E-state index contributed by atoms with van der Waals surface area (Å²) in [7, 11) is 0. The van der Waals surface area contributed by atoms with Gasteiger partial charge >= 0.3 is 0 Å². The first-order valence-electron chi connectivity index (χ1n) is 11.0. The molecule has 8 nitrogen and oxygen atoms in total. The first kappa shape index (κ1) is 22.2. The SMILES string of the molecule is CCCCN1CCN(C(=O)c2ccc(N[N+]([O-])(O)c3cccc4cccnc34)cc2)CC1. The van der Waals surface area contributed by atoms with Gasteiger partial charge in [-0.2, -0.15) is 10.6 Å². The topological polar surface area (TPSA) is 91.8 Å². The Morgan fingerprint density at radius 3 is 2.53 bits per heavy atom. The fraction of sp³-hybridized carbons (Fsp3) is 0.333. The molecule has 1 aromatic heterocycles. The summed E-state index contributed by atoms with van der Waals surface area (Å²) >= 11 is 0. The van der Waals surface area contributed by atoms with Crippen molar-refractivity contribution in [3.63, 3.8) is 0 Å². The Morgan fingerprint density at radius 1 is 1.09 bits per heavy atom. The molecule has 2 aromatic carbocycles. The molecule has 0 aliphatic carbocycles. The maximum atomic E-state index is 12.9. The molecule has 4 rings (SSSR count). The van der Waals surface area contributed by atoms with Crippen molar-refractivity contribution < 1.29 is 10.0 Å². The second kappa shape index (κ2) is 9.62. The van der Waals surface area contributed by atoms with Crippen LogP contribution in [-0.4, -0.2) is 58.6 Å². The van der Waals surface area contributed by atoms with E-state index >= 15 is 0 Å². The number of aromatic nitrogens is 1. The summed E-state index contributed by atoms with van der Waals surface area (Å²) in [5.74, 6) is -0.0168. The molecule has 1 unspecified atom stereocenters. The number of piperazine rings is 1. The van der Waals surface area contributed by atoms with Crippen molar-refractivity contribution in [3.8, 4) is 0 Å². The number of pyridine rings is 1. The van der Waals surface area contributed by atoms with Crippen molar-refractivity contribution in [3.05, 3.63) is 71.6 Å². The monoisotopic (exact) mass is 435 g/mol. The van der Waals surface area contributed by atoms with Crippen molar-refractivity contribution >= 4 is 28.2 Å². The number of carbonyl (C=O) groups excluding carboxylic acids is 1. The Labute approximate surface area is 187 Å². The standard InChI is InChI=1S/C24H29N5O3/c1-2-3-14-27-15-17-28(18-16-27)24(30)20-9-11-21(12-10-20)26-29(31,32)22-8-4-6-19-7-5-13-25-23(19)22/h4-13,26,31H,2-3,14-18H2,1H3. The van der Waals surface area contributed by atoms with Crippen molar-refractivity contribution in [2.24, 2.45) is 0 Å². The van der Waals surface area contributed by atoms with E-state index < -0.39 is 4.92 Å². The molecule has 1 aliphatic heterocycles. The van der Waals surface area contributed by atoms with E-state index in [1.165, 1.54) is 18.9 Å². The van der Waals surface area contributed by atoms with Crippen LogP contribution < -0.4 is 10.3 Å². The molecule has 0 spiro atoms. The molecule has 0 bridgehead atoms. The molecule has 2 N–H and O–H groups in total. The minimum Gasteiger partial charge on any atom is -0.567 e. The molecule has 1 amide bonds. The highest BCUT2D eigenvalue weighted by atomic mass is 16.9. The Kier molecular flexibility index (Phi) is 6.66. The molecule has 1 atom stereocenters. The number of fused-ring (bicyclic) bond motifs is 1. The lowest BCUT2D eigenvalue weighted by Gasteiger charge is -2.35. The number of hydrogen-bond donors (Lipinski definition) is 2. The highest BCUT2D eigenvalue weighted by Crippen LogP contribution is 2.29. The van der Waals surface area contributed by atoms with Gasteiger partial charge in [0.15, 0.2) is 0 Å². The molecule has 1 fully saturated rings. The van der Waals surface area contributed by atoms with E-state index in [0.29, 0.717) is 29.9 Å². The first-order valence-corrected chi connectivity index (χ1v) is 11.0. The molecule has 8 heteroatoms. The molecule has 1 saturated heterocycles. The third kappa shape index (κ3) is 4.89. The highest BCUT2D eigenvalue weighted by molar-refractivity contribution is 5.94. The van der Waals surface area contributed by atoms with Gasteiger partial charge in [-0.3, -0.25) is 9.69 Å². The van der Waals surface area contributed by atoms with Gasteiger partial charge in [-0.15, -0.1) is 0 Å². The number of carbonyl (C=O) groups is 1. The molecule has 32 heavy (non-hydrogen) atoms. The summed E-state index contributed by atoms with van der Waals surface area (Å²) in [5.41, 5.74) is 4.03. The van der Waals surface area contributed by atoms with Crippen molar-refractivity contribution in [2.75, 3.05) is 38.1 Å². The molecule has 2 heterocycles. The van der Waals surface area contributed by atoms with Crippen molar-refractivity contribution in [2.45, 2.75) is 19.8 Å². The van der Waals surface area contributed by atoms with Gasteiger partial charge in [0.2, 0.25) is 5.69 Å². The fourth-order valence-electron chi connectivity index (χ4n) is 3.99. The number of benzene rings is 2. The lowest BCUT2D eigenvalue weighted by molar-refractivity contribution is -0.00465. The van der Waals surface area contributed by atoms with E-state index in [9.17, 15) is 15.2 Å². The number of quaternary nitrogens is 1. The third-order valence-electron chi connectivity index (χ3n) is 5.84. The Hall–Kier alpha value is -3.04. The second-order valence-electron chi connectivity index (χ2n) is 8.10. The maximum absolute atomic E-state index is 12.9. The predicted molar refractivity (Wildman–Crippen MR) is 126 cm³/mol.